The zero-order valence-corrected chi connectivity index (χ0v) is 10.7. The maximum absolute atomic E-state index is 11.8. The summed E-state index contributed by atoms with van der Waals surface area (Å²) in [6.45, 7) is 7.89. The van der Waals surface area contributed by atoms with Crippen molar-refractivity contribution in [3.63, 3.8) is 0 Å². The zero-order chi connectivity index (χ0) is 11.9. The van der Waals surface area contributed by atoms with E-state index >= 15 is 0 Å². The van der Waals surface area contributed by atoms with Crippen LogP contribution in [0.5, 0.6) is 0 Å². The minimum atomic E-state index is -0.644. The van der Waals surface area contributed by atoms with Gasteiger partial charge in [0.25, 0.3) is 0 Å². The van der Waals surface area contributed by atoms with Gasteiger partial charge in [-0.25, -0.2) is 4.79 Å². The minimum Gasteiger partial charge on any atom is -0.444 e. The third-order valence-corrected chi connectivity index (χ3v) is 2.62. The van der Waals surface area contributed by atoms with Crippen LogP contribution >= 0.6 is 12.6 Å². The van der Waals surface area contributed by atoms with Gasteiger partial charge in [-0.1, -0.05) is 0 Å². The topological polar surface area (TPSA) is 55.6 Å². The third-order valence-electron chi connectivity index (χ3n) is 2.27. The highest BCUT2D eigenvalue weighted by molar-refractivity contribution is 7.81. The summed E-state index contributed by atoms with van der Waals surface area (Å²) in [5, 5.41) is 0.132. The molecule has 0 aromatic heterocycles. The first-order valence-corrected chi connectivity index (χ1v) is 5.61. The summed E-state index contributed by atoms with van der Waals surface area (Å²) < 4.78 is 5.28. The fourth-order valence-corrected chi connectivity index (χ4v) is 2.20. The van der Waals surface area contributed by atoms with E-state index in [-0.39, 0.29) is 11.3 Å². The zero-order valence-electron chi connectivity index (χ0n) is 9.78. The number of rotatable bonds is 0. The Bertz CT molecular complexity index is 261. The number of nitrogens with two attached hydrogens (primary N) is 1. The van der Waals surface area contributed by atoms with E-state index in [9.17, 15) is 4.79 Å². The number of ether oxygens (including phenoxy) is 1. The highest BCUT2D eigenvalue weighted by Gasteiger charge is 2.42. The number of carbonyl (C=O) groups excluding carboxylic acids is 1. The Morgan fingerprint density at radius 3 is 2.47 bits per heavy atom. The molecule has 0 saturated carbocycles. The van der Waals surface area contributed by atoms with Crippen LogP contribution in [-0.4, -0.2) is 34.1 Å². The van der Waals surface area contributed by atoms with Gasteiger partial charge < -0.3 is 10.5 Å². The summed E-state index contributed by atoms with van der Waals surface area (Å²) in [6, 6.07) is 0. The van der Waals surface area contributed by atoms with Crippen molar-refractivity contribution >= 4 is 18.7 Å². The Labute approximate surface area is 96.5 Å². The van der Waals surface area contributed by atoms with Crippen LogP contribution in [0.3, 0.4) is 0 Å². The Hall–Kier alpha value is -0.420. The number of carbonyl (C=O) groups is 1. The predicted octanol–water partition coefficient (Wildman–Crippen LogP) is 1.60. The van der Waals surface area contributed by atoms with Gasteiger partial charge in [0, 0.05) is 11.8 Å². The van der Waals surface area contributed by atoms with Crippen LogP contribution in [0, 0.1) is 0 Å². The van der Waals surface area contributed by atoms with Crippen LogP contribution in [0.25, 0.3) is 0 Å². The predicted molar refractivity (Wildman–Crippen MR) is 62.9 cm³/mol. The summed E-state index contributed by atoms with van der Waals surface area (Å²) in [4.78, 5) is 13.4. The van der Waals surface area contributed by atoms with Crippen molar-refractivity contribution in [2.24, 2.45) is 5.73 Å². The lowest BCUT2D eigenvalue weighted by Gasteiger charge is -2.32. The van der Waals surface area contributed by atoms with E-state index in [0.717, 1.165) is 0 Å². The average molecular weight is 232 g/mol. The second kappa shape index (κ2) is 3.87. The first-order chi connectivity index (χ1) is 6.62. The Morgan fingerprint density at radius 1 is 1.60 bits per heavy atom. The lowest BCUT2D eigenvalue weighted by Crippen LogP contribution is -2.53. The van der Waals surface area contributed by atoms with Crippen molar-refractivity contribution in [1.82, 2.24) is 4.90 Å². The maximum atomic E-state index is 11.8. The monoisotopic (exact) mass is 232 g/mol. The first-order valence-electron chi connectivity index (χ1n) is 5.09. The molecule has 0 radical (unpaired) electrons. The van der Waals surface area contributed by atoms with Gasteiger partial charge in [-0.05, 0) is 34.1 Å². The van der Waals surface area contributed by atoms with Crippen LogP contribution in [-0.2, 0) is 4.74 Å². The van der Waals surface area contributed by atoms with Gasteiger partial charge in [-0.2, -0.15) is 12.6 Å². The molecule has 2 N–H and O–H groups in total. The first kappa shape index (κ1) is 12.6. The average Bonchev–Trinajstić information content (AvgIpc) is 2.20. The summed E-state index contributed by atoms with van der Waals surface area (Å²) >= 11 is 4.34. The Balaban J connectivity index is 2.68. The minimum absolute atomic E-state index is 0.132. The van der Waals surface area contributed by atoms with Gasteiger partial charge in [0.05, 0.1) is 5.66 Å². The third kappa shape index (κ3) is 3.28. The molecule has 1 aliphatic rings. The molecule has 1 saturated heterocycles. The molecule has 5 heteroatoms. The molecule has 0 aromatic rings. The molecular weight excluding hydrogens is 212 g/mol. The molecule has 2 atom stereocenters. The highest BCUT2D eigenvalue weighted by Crippen LogP contribution is 2.28. The Morgan fingerprint density at radius 2 is 2.13 bits per heavy atom. The van der Waals surface area contributed by atoms with E-state index in [4.69, 9.17) is 10.5 Å². The molecule has 0 aliphatic carbocycles. The van der Waals surface area contributed by atoms with Crippen LogP contribution in [0.1, 0.15) is 34.1 Å². The largest absolute Gasteiger partial charge is 0.444 e. The molecule has 1 heterocycles. The second-order valence-corrected chi connectivity index (χ2v) is 6.04. The van der Waals surface area contributed by atoms with Crippen molar-refractivity contribution < 1.29 is 9.53 Å². The van der Waals surface area contributed by atoms with E-state index in [2.05, 4.69) is 12.6 Å². The fraction of sp³-hybridized carbons (Fsp3) is 0.900. The van der Waals surface area contributed by atoms with E-state index < -0.39 is 11.3 Å². The number of likely N-dealkylation sites (tertiary alicyclic amines) is 1. The molecule has 1 amide bonds. The van der Waals surface area contributed by atoms with Crippen LogP contribution in [0.15, 0.2) is 0 Å². The normalized spacial score (nSPS) is 31.9. The lowest BCUT2D eigenvalue weighted by atomic mass is 10.1. The standard InChI is InChI=1S/C10H20N2O2S/c1-9(2,3)14-8(13)12-6-7(15)5-10(12,4)11/h7,15H,5-6,11H2,1-4H3/t7-,10-/m0/s1. The van der Waals surface area contributed by atoms with Gasteiger partial charge >= 0.3 is 6.09 Å². The Kier molecular flexibility index (Phi) is 3.26. The molecule has 0 bridgehead atoms. The highest BCUT2D eigenvalue weighted by atomic mass is 32.1. The van der Waals surface area contributed by atoms with Crippen molar-refractivity contribution in [2.45, 2.75) is 50.6 Å². The van der Waals surface area contributed by atoms with Crippen molar-refractivity contribution in [3.8, 4) is 0 Å². The SMILES string of the molecule is CC(C)(C)OC(=O)N1C[C@@H](S)C[C@@]1(C)N. The van der Waals surface area contributed by atoms with E-state index in [0.29, 0.717) is 13.0 Å². The smallest absolute Gasteiger partial charge is 0.411 e. The summed E-state index contributed by atoms with van der Waals surface area (Å²) in [5.41, 5.74) is 4.88. The fourth-order valence-electron chi connectivity index (χ4n) is 1.67. The molecule has 0 unspecified atom stereocenters. The molecule has 88 valence electrons. The lowest BCUT2D eigenvalue weighted by molar-refractivity contribution is 0.0117. The number of amides is 1. The van der Waals surface area contributed by atoms with E-state index in [1.54, 1.807) is 4.90 Å². The molecule has 0 aromatic carbocycles. The summed E-state index contributed by atoms with van der Waals surface area (Å²) in [5.74, 6) is 0. The number of thiol groups is 1. The van der Waals surface area contributed by atoms with Crippen molar-refractivity contribution in [1.29, 1.82) is 0 Å². The van der Waals surface area contributed by atoms with E-state index in [1.807, 2.05) is 27.7 Å². The summed E-state index contributed by atoms with van der Waals surface area (Å²) in [6.07, 6.45) is 0.332. The summed E-state index contributed by atoms with van der Waals surface area (Å²) in [7, 11) is 0. The molecule has 0 spiro atoms. The molecule has 1 rings (SSSR count). The van der Waals surface area contributed by atoms with E-state index in [1.165, 1.54) is 0 Å². The van der Waals surface area contributed by atoms with Gasteiger partial charge in [0.2, 0.25) is 0 Å². The van der Waals surface area contributed by atoms with Gasteiger partial charge in [0.1, 0.15) is 5.60 Å². The number of hydrogen-bond donors (Lipinski definition) is 2. The van der Waals surface area contributed by atoms with Crippen LogP contribution in [0.4, 0.5) is 4.79 Å². The second-order valence-electron chi connectivity index (χ2n) is 5.31. The van der Waals surface area contributed by atoms with Crippen LogP contribution in [0.2, 0.25) is 0 Å². The maximum Gasteiger partial charge on any atom is 0.411 e. The van der Waals surface area contributed by atoms with Gasteiger partial charge in [-0.3, -0.25) is 4.90 Å². The molecule has 4 nitrogen and oxygen atoms in total. The van der Waals surface area contributed by atoms with Gasteiger partial charge in [0.15, 0.2) is 0 Å². The quantitative estimate of drug-likeness (QED) is 0.624. The van der Waals surface area contributed by atoms with Crippen molar-refractivity contribution in [3.05, 3.63) is 0 Å². The van der Waals surface area contributed by atoms with Crippen LogP contribution < -0.4 is 5.73 Å². The van der Waals surface area contributed by atoms with Crippen molar-refractivity contribution in [2.75, 3.05) is 6.54 Å². The molecular formula is C10H20N2O2S. The number of hydrogen-bond acceptors (Lipinski definition) is 4. The molecule has 15 heavy (non-hydrogen) atoms. The van der Waals surface area contributed by atoms with Gasteiger partial charge in [-0.15, -0.1) is 0 Å². The molecule has 1 fully saturated rings. The molecule has 1 aliphatic heterocycles. The number of nitrogens with zero attached hydrogens (tertiary/aromatic N) is 1.